The molecule has 0 aliphatic carbocycles. The summed E-state index contributed by atoms with van der Waals surface area (Å²) in [6, 6.07) is 8.99. The van der Waals surface area contributed by atoms with Crippen LogP contribution in [0.2, 0.25) is 0 Å². The van der Waals surface area contributed by atoms with E-state index in [1.165, 1.54) is 12.1 Å². The summed E-state index contributed by atoms with van der Waals surface area (Å²) in [5.74, 6) is -2.86. The molecule has 0 saturated carbocycles. The summed E-state index contributed by atoms with van der Waals surface area (Å²) in [6.45, 7) is 1.71. The van der Waals surface area contributed by atoms with Crippen LogP contribution >= 0.6 is 11.9 Å². The lowest BCUT2D eigenvalue weighted by Gasteiger charge is -2.34. The zero-order valence-corrected chi connectivity index (χ0v) is 19.1. The van der Waals surface area contributed by atoms with Gasteiger partial charge in [0.1, 0.15) is 18.2 Å². The van der Waals surface area contributed by atoms with Crippen LogP contribution in [-0.2, 0) is 13.0 Å². The molecule has 2 aromatic carbocycles. The molecule has 35 heavy (non-hydrogen) atoms. The maximum atomic E-state index is 13.7. The number of benzene rings is 2. The van der Waals surface area contributed by atoms with Crippen LogP contribution < -0.4 is 10.0 Å². The third-order valence-electron chi connectivity index (χ3n) is 5.47. The van der Waals surface area contributed by atoms with Crippen LogP contribution in [0, 0.1) is 11.6 Å². The van der Waals surface area contributed by atoms with Gasteiger partial charge in [0.2, 0.25) is 0 Å². The number of nitrogens with one attached hydrogen (secondary N) is 2. The predicted octanol–water partition coefficient (Wildman–Crippen LogP) is 4.88. The van der Waals surface area contributed by atoms with E-state index >= 15 is 0 Å². The van der Waals surface area contributed by atoms with E-state index in [0.717, 1.165) is 47.0 Å². The van der Waals surface area contributed by atoms with E-state index in [4.69, 9.17) is 4.52 Å². The predicted molar refractivity (Wildman–Crippen MR) is 117 cm³/mol. The first-order chi connectivity index (χ1) is 16.6. The molecule has 1 atom stereocenters. The molecule has 1 aromatic heterocycles. The summed E-state index contributed by atoms with van der Waals surface area (Å²) in [4.78, 5) is 18.3. The van der Waals surface area contributed by atoms with Crippen LogP contribution in [0.5, 0.6) is 0 Å². The van der Waals surface area contributed by atoms with E-state index in [-0.39, 0.29) is 12.1 Å². The monoisotopic (exact) mass is 513 g/mol. The first-order valence-corrected chi connectivity index (χ1v) is 11.3. The van der Waals surface area contributed by atoms with Gasteiger partial charge >= 0.3 is 12.2 Å². The van der Waals surface area contributed by atoms with Crippen molar-refractivity contribution in [3.63, 3.8) is 0 Å². The lowest BCUT2D eigenvalue weighted by Crippen LogP contribution is -2.34. The fraction of sp³-hybridized carbons (Fsp3) is 0.318. The first kappa shape index (κ1) is 24.9. The summed E-state index contributed by atoms with van der Waals surface area (Å²) in [5.41, 5.74) is 2.76. The highest BCUT2D eigenvalue weighted by atomic mass is 32.2. The van der Waals surface area contributed by atoms with E-state index < -0.39 is 36.1 Å². The maximum absolute atomic E-state index is 13.7. The fourth-order valence-electron chi connectivity index (χ4n) is 3.70. The molecule has 1 aliphatic heterocycles. The number of hydrogen-bond acceptors (Lipinski definition) is 7. The first-order valence-electron chi connectivity index (χ1n) is 10.5. The summed E-state index contributed by atoms with van der Waals surface area (Å²) in [5, 5.41) is 5.03. The number of anilines is 1. The summed E-state index contributed by atoms with van der Waals surface area (Å²) in [6.07, 6.45) is -3.78. The number of hydrogen-bond donors (Lipinski definition) is 2. The van der Waals surface area contributed by atoms with Crippen molar-refractivity contribution >= 4 is 23.9 Å². The molecular formula is C22H20F5N5O2S. The minimum absolute atomic E-state index is 0.145. The fourth-order valence-corrected chi connectivity index (χ4v) is 4.32. The maximum Gasteiger partial charge on any atom is 0.405 e. The number of nitrogens with zero attached hydrogens (tertiary/aromatic N) is 3. The van der Waals surface area contributed by atoms with Crippen molar-refractivity contribution < 1.29 is 31.3 Å². The van der Waals surface area contributed by atoms with Gasteiger partial charge in [0.05, 0.1) is 0 Å². The zero-order valence-electron chi connectivity index (χ0n) is 18.3. The molecule has 0 radical (unpaired) electrons. The zero-order chi connectivity index (χ0) is 25.2. The van der Waals surface area contributed by atoms with Gasteiger partial charge in [-0.25, -0.2) is 8.78 Å². The van der Waals surface area contributed by atoms with Gasteiger partial charge in [-0.2, -0.15) is 18.2 Å². The number of rotatable bonds is 7. The molecule has 1 aliphatic rings. The van der Waals surface area contributed by atoms with Crippen molar-refractivity contribution in [1.82, 2.24) is 20.4 Å². The molecule has 1 unspecified atom stereocenters. The molecule has 13 heteroatoms. The molecule has 7 nitrogen and oxygen atoms in total. The number of aromatic nitrogens is 2. The quantitative estimate of drug-likeness (QED) is 0.344. The Bertz CT molecular complexity index is 1200. The second-order valence-corrected chi connectivity index (χ2v) is 8.83. The van der Waals surface area contributed by atoms with Gasteiger partial charge in [-0.1, -0.05) is 6.07 Å². The number of fused-ring (bicyclic) bond motifs is 1. The van der Waals surface area contributed by atoms with E-state index in [0.29, 0.717) is 12.1 Å². The van der Waals surface area contributed by atoms with Crippen molar-refractivity contribution in [2.75, 3.05) is 17.8 Å². The van der Waals surface area contributed by atoms with Crippen LogP contribution in [0.15, 0.2) is 45.8 Å². The second-order valence-electron chi connectivity index (χ2n) is 7.95. The summed E-state index contributed by atoms with van der Waals surface area (Å²) < 4.78 is 71.6. The average Bonchev–Trinajstić information content (AvgIpc) is 3.28. The number of alkyl halides is 3. The summed E-state index contributed by atoms with van der Waals surface area (Å²) >= 11 is 1.12. The van der Waals surface area contributed by atoms with Crippen molar-refractivity contribution in [3.05, 3.63) is 70.5 Å². The largest absolute Gasteiger partial charge is 0.405 e. The van der Waals surface area contributed by atoms with Crippen molar-refractivity contribution in [2.24, 2.45) is 0 Å². The van der Waals surface area contributed by atoms with Gasteiger partial charge in [-0.3, -0.25) is 14.4 Å². The Balaban J connectivity index is 1.37. The normalized spacial score (nSPS) is 14.9. The van der Waals surface area contributed by atoms with Crippen LogP contribution in [-0.4, -0.2) is 40.2 Å². The van der Waals surface area contributed by atoms with E-state index in [1.807, 2.05) is 25.1 Å². The molecule has 0 spiro atoms. The van der Waals surface area contributed by atoms with Gasteiger partial charge in [-0.05, 0) is 71.4 Å². The number of carbonyl (C=O) groups excluding carboxylic acids is 1. The summed E-state index contributed by atoms with van der Waals surface area (Å²) in [7, 11) is 0. The Morgan fingerprint density at radius 1 is 1.17 bits per heavy atom. The third-order valence-corrected chi connectivity index (χ3v) is 6.24. The molecule has 1 amide bonds. The number of amides is 1. The highest BCUT2D eigenvalue weighted by Crippen LogP contribution is 2.31. The number of carbonyl (C=O) groups is 1. The van der Waals surface area contributed by atoms with E-state index in [1.54, 1.807) is 5.32 Å². The van der Waals surface area contributed by atoms with Gasteiger partial charge < -0.3 is 9.84 Å². The Morgan fingerprint density at radius 3 is 2.63 bits per heavy atom. The van der Waals surface area contributed by atoms with Crippen LogP contribution in [0.25, 0.3) is 0 Å². The highest BCUT2D eigenvalue weighted by molar-refractivity contribution is 8.00. The van der Waals surface area contributed by atoms with Crippen LogP contribution in [0.1, 0.15) is 40.3 Å². The van der Waals surface area contributed by atoms with Crippen molar-refractivity contribution in [2.45, 2.75) is 37.0 Å². The average molecular weight is 513 g/mol. The molecule has 3 aromatic rings. The Morgan fingerprint density at radius 2 is 1.91 bits per heavy atom. The Hall–Kier alpha value is -3.19. The minimum Gasteiger partial charge on any atom is -0.340 e. The van der Waals surface area contributed by atoms with Gasteiger partial charge in [-0.15, -0.1) is 0 Å². The molecule has 0 saturated heterocycles. The molecule has 0 fully saturated rings. The van der Waals surface area contributed by atoms with Crippen molar-refractivity contribution in [1.29, 1.82) is 0 Å². The lowest BCUT2D eigenvalue weighted by molar-refractivity contribution is -0.123. The van der Waals surface area contributed by atoms with Crippen molar-refractivity contribution in [3.8, 4) is 0 Å². The molecule has 2 heterocycles. The molecule has 2 N–H and O–H groups in total. The number of halogens is 5. The minimum atomic E-state index is -4.55. The topological polar surface area (TPSA) is 83.3 Å². The van der Waals surface area contributed by atoms with Gasteiger partial charge in [0.25, 0.3) is 11.7 Å². The highest BCUT2D eigenvalue weighted by Gasteiger charge is 2.29. The third kappa shape index (κ3) is 6.48. The standard InChI is InChI=1S/C22H20F5N5O2S/c1-12(14-6-16(23)9-17(24)7-14)32-5-4-13-2-3-18(8-15(13)10-32)35-31-21-29-19(30-34-21)20(33)28-11-22(25,26)27/h2-3,6-9,12H,4-5,10-11H2,1H3,(H,28,33)(H,29,30,31). The van der Waals surface area contributed by atoms with E-state index in [9.17, 15) is 26.7 Å². The molecule has 0 bridgehead atoms. The lowest BCUT2D eigenvalue weighted by atomic mass is 9.97. The Labute approximate surface area is 201 Å². The van der Waals surface area contributed by atoms with Gasteiger partial charge in [0, 0.05) is 30.1 Å². The van der Waals surface area contributed by atoms with Crippen LogP contribution in [0.3, 0.4) is 0 Å². The smallest absolute Gasteiger partial charge is 0.340 e. The second kappa shape index (κ2) is 10.2. The van der Waals surface area contributed by atoms with E-state index in [2.05, 4.69) is 19.8 Å². The molecule has 186 valence electrons. The van der Waals surface area contributed by atoms with Crippen LogP contribution in [0.4, 0.5) is 28.0 Å². The SMILES string of the molecule is CC(c1cc(F)cc(F)c1)N1CCc2ccc(SNc3nc(C(=O)NCC(F)(F)F)no3)cc2C1. The Kier molecular flexibility index (Phi) is 7.26. The molecule has 4 rings (SSSR count). The van der Waals surface area contributed by atoms with Gasteiger partial charge in [0.15, 0.2) is 0 Å². The molecular weight excluding hydrogens is 493 g/mol.